The fourth-order valence-electron chi connectivity index (χ4n) is 0.741. The van der Waals surface area contributed by atoms with Crippen LogP contribution in [0.25, 0.3) is 0 Å². The van der Waals surface area contributed by atoms with E-state index in [9.17, 15) is 8.78 Å². The summed E-state index contributed by atoms with van der Waals surface area (Å²) < 4.78 is 25.6. The van der Waals surface area contributed by atoms with Crippen LogP contribution < -0.4 is 11.5 Å². The summed E-state index contributed by atoms with van der Waals surface area (Å²) in [6.45, 7) is 0. The van der Waals surface area contributed by atoms with Gasteiger partial charge in [-0.15, -0.1) is 0 Å². The Morgan fingerprint density at radius 1 is 1.31 bits per heavy atom. The Labute approximate surface area is 78.0 Å². The maximum absolute atomic E-state index is 13.0. The topological polar surface area (TPSA) is 64.4 Å². The summed E-state index contributed by atoms with van der Waals surface area (Å²) in [5.41, 5.74) is 9.82. The first-order valence-corrected chi connectivity index (χ1v) is 3.63. The number of hydrogen-bond donors (Lipinski definition) is 2. The summed E-state index contributed by atoms with van der Waals surface area (Å²) in [7, 11) is 0. The normalized spacial score (nSPS) is 9.77. The zero-order chi connectivity index (χ0) is 10.0. The van der Waals surface area contributed by atoms with Gasteiger partial charge in [0.2, 0.25) is 0 Å². The van der Waals surface area contributed by atoms with Gasteiger partial charge in [-0.05, 0) is 12.1 Å². The van der Waals surface area contributed by atoms with Crippen LogP contribution in [-0.2, 0) is 0 Å². The van der Waals surface area contributed by atoms with Crippen molar-refractivity contribution in [3.63, 3.8) is 0 Å². The van der Waals surface area contributed by atoms with Gasteiger partial charge >= 0.3 is 0 Å². The second-order valence-electron chi connectivity index (χ2n) is 2.23. The van der Waals surface area contributed by atoms with Crippen LogP contribution in [0.4, 0.5) is 14.5 Å². The minimum Gasteiger partial charge on any atom is -0.370 e. The minimum absolute atomic E-state index is 0.189. The SMILES string of the molecule is NC(N)=Nc1ccc(F)c(Cl)c1F. The van der Waals surface area contributed by atoms with Crippen LogP contribution in [0.15, 0.2) is 17.1 Å². The molecule has 0 saturated heterocycles. The number of rotatable bonds is 1. The maximum atomic E-state index is 13.0. The third-order valence-corrected chi connectivity index (χ3v) is 1.61. The molecule has 70 valence electrons. The molecule has 0 bridgehead atoms. The van der Waals surface area contributed by atoms with Gasteiger partial charge in [0.25, 0.3) is 0 Å². The first-order valence-electron chi connectivity index (χ1n) is 3.25. The van der Waals surface area contributed by atoms with Crippen molar-refractivity contribution >= 4 is 23.2 Å². The predicted octanol–water partition coefficient (Wildman–Crippen LogP) is 1.52. The summed E-state index contributed by atoms with van der Waals surface area (Å²) in [5, 5.41) is -0.623. The highest BCUT2D eigenvalue weighted by molar-refractivity contribution is 6.31. The van der Waals surface area contributed by atoms with Crippen molar-refractivity contribution in [2.24, 2.45) is 16.5 Å². The van der Waals surface area contributed by atoms with Crippen LogP contribution in [-0.4, -0.2) is 5.96 Å². The molecule has 13 heavy (non-hydrogen) atoms. The highest BCUT2D eigenvalue weighted by atomic mass is 35.5. The molecule has 0 aliphatic carbocycles. The Balaban J connectivity index is 3.26. The van der Waals surface area contributed by atoms with Crippen molar-refractivity contribution in [1.82, 2.24) is 0 Å². The summed E-state index contributed by atoms with van der Waals surface area (Å²) in [5.74, 6) is -2.15. The van der Waals surface area contributed by atoms with E-state index in [0.29, 0.717) is 0 Å². The Kier molecular flexibility index (Phi) is 2.67. The second-order valence-corrected chi connectivity index (χ2v) is 2.61. The van der Waals surface area contributed by atoms with Gasteiger partial charge in [0.05, 0.1) is 0 Å². The van der Waals surface area contributed by atoms with E-state index in [0.717, 1.165) is 12.1 Å². The predicted molar refractivity (Wildman–Crippen MR) is 46.8 cm³/mol. The van der Waals surface area contributed by atoms with Crippen LogP contribution in [0.2, 0.25) is 5.02 Å². The van der Waals surface area contributed by atoms with Crippen molar-refractivity contribution in [3.8, 4) is 0 Å². The fourth-order valence-corrected chi connectivity index (χ4v) is 0.901. The molecule has 1 rings (SSSR count). The largest absolute Gasteiger partial charge is 0.370 e. The molecule has 1 aromatic rings. The number of aliphatic imine (C=N–C) groups is 1. The number of nitrogens with two attached hydrogens (primary N) is 2. The van der Waals surface area contributed by atoms with E-state index in [1.54, 1.807) is 0 Å². The van der Waals surface area contributed by atoms with Gasteiger partial charge in [-0.1, -0.05) is 11.6 Å². The molecule has 0 aliphatic rings. The van der Waals surface area contributed by atoms with E-state index < -0.39 is 16.7 Å². The quantitative estimate of drug-likeness (QED) is 0.415. The smallest absolute Gasteiger partial charge is 0.191 e. The molecular weight excluding hydrogens is 200 g/mol. The average Bonchev–Trinajstić information content (AvgIpc) is 2.06. The van der Waals surface area contributed by atoms with E-state index in [4.69, 9.17) is 23.1 Å². The lowest BCUT2D eigenvalue weighted by molar-refractivity contribution is 0.585. The minimum atomic E-state index is -0.977. The Bertz CT molecular complexity index is 361. The third kappa shape index (κ3) is 2.06. The van der Waals surface area contributed by atoms with E-state index in [2.05, 4.69) is 4.99 Å². The van der Waals surface area contributed by atoms with Gasteiger partial charge in [-0.25, -0.2) is 13.8 Å². The molecule has 6 heteroatoms. The van der Waals surface area contributed by atoms with Gasteiger partial charge in [-0.3, -0.25) is 0 Å². The molecule has 0 fully saturated rings. The molecule has 0 saturated carbocycles. The second kappa shape index (κ2) is 3.57. The fraction of sp³-hybridized carbons (Fsp3) is 0. The molecule has 0 amide bonds. The van der Waals surface area contributed by atoms with E-state index >= 15 is 0 Å². The number of guanidine groups is 1. The zero-order valence-electron chi connectivity index (χ0n) is 6.39. The Morgan fingerprint density at radius 2 is 1.92 bits per heavy atom. The van der Waals surface area contributed by atoms with Gasteiger partial charge in [0.1, 0.15) is 16.5 Å². The van der Waals surface area contributed by atoms with E-state index in [-0.39, 0.29) is 11.6 Å². The average molecular weight is 206 g/mol. The first-order chi connectivity index (χ1) is 6.02. The van der Waals surface area contributed by atoms with E-state index in [1.807, 2.05) is 0 Å². The third-order valence-electron chi connectivity index (χ3n) is 1.26. The number of nitrogens with zero attached hydrogens (tertiary/aromatic N) is 1. The molecule has 0 heterocycles. The van der Waals surface area contributed by atoms with E-state index in [1.165, 1.54) is 0 Å². The van der Waals surface area contributed by atoms with Gasteiger partial charge in [-0.2, -0.15) is 0 Å². The van der Waals surface area contributed by atoms with Gasteiger partial charge in [0.15, 0.2) is 11.8 Å². The molecule has 0 aromatic heterocycles. The molecular formula is C7H6ClF2N3. The van der Waals surface area contributed by atoms with Crippen LogP contribution in [0.3, 0.4) is 0 Å². The first kappa shape index (κ1) is 9.73. The van der Waals surface area contributed by atoms with Crippen LogP contribution in [0.5, 0.6) is 0 Å². The summed E-state index contributed by atoms with van der Waals surface area (Å²) in [6.07, 6.45) is 0. The van der Waals surface area contributed by atoms with Crippen molar-refractivity contribution in [2.45, 2.75) is 0 Å². The molecule has 0 unspecified atom stereocenters. The monoisotopic (exact) mass is 205 g/mol. The molecule has 1 aromatic carbocycles. The summed E-state index contributed by atoms with van der Waals surface area (Å²) >= 11 is 5.27. The van der Waals surface area contributed by atoms with Crippen LogP contribution in [0.1, 0.15) is 0 Å². The molecule has 0 aliphatic heterocycles. The molecule has 0 atom stereocenters. The molecule has 0 radical (unpaired) electrons. The van der Waals surface area contributed by atoms with Crippen molar-refractivity contribution in [2.75, 3.05) is 0 Å². The Hall–Kier alpha value is -1.36. The van der Waals surface area contributed by atoms with Crippen LogP contribution in [0, 0.1) is 11.6 Å². The molecule has 0 spiro atoms. The lowest BCUT2D eigenvalue weighted by Gasteiger charge is -2.00. The van der Waals surface area contributed by atoms with Crippen LogP contribution >= 0.6 is 11.6 Å². The Morgan fingerprint density at radius 3 is 2.46 bits per heavy atom. The summed E-state index contributed by atoms with van der Waals surface area (Å²) in [6, 6.07) is 2.07. The summed E-state index contributed by atoms with van der Waals surface area (Å²) in [4.78, 5) is 3.41. The highest BCUT2D eigenvalue weighted by Crippen LogP contribution is 2.26. The zero-order valence-corrected chi connectivity index (χ0v) is 7.15. The van der Waals surface area contributed by atoms with Crippen molar-refractivity contribution in [3.05, 3.63) is 28.8 Å². The maximum Gasteiger partial charge on any atom is 0.191 e. The number of halogens is 3. The molecule has 3 nitrogen and oxygen atoms in total. The highest BCUT2D eigenvalue weighted by Gasteiger charge is 2.10. The number of hydrogen-bond acceptors (Lipinski definition) is 1. The van der Waals surface area contributed by atoms with Crippen molar-refractivity contribution in [1.29, 1.82) is 0 Å². The van der Waals surface area contributed by atoms with Gasteiger partial charge < -0.3 is 11.5 Å². The standard InChI is InChI=1S/C7H6ClF2N3/c8-5-3(9)1-2-4(6(5)10)13-7(11)12/h1-2H,(H4,11,12,13). The van der Waals surface area contributed by atoms with Crippen molar-refractivity contribution < 1.29 is 8.78 Å². The molecule has 4 N–H and O–H groups in total. The lowest BCUT2D eigenvalue weighted by atomic mass is 10.3. The number of benzene rings is 1. The lowest BCUT2D eigenvalue weighted by Crippen LogP contribution is -2.22. The van der Waals surface area contributed by atoms with Gasteiger partial charge in [0, 0.05) is 0 Å².